The fourth-order valence-electron chi connectivity index (χ4n) is 4.22. The van der Waals surface area contributed by atoms with E-state index in [4.69, 9.17) is 9.47 Å². The molecule has 0 saturated carbocycles. The van der Waals surface area contributed by atoms with E-state index in [1.165, 1.54) is 23.5 Å². The van der Waals surface area contributed by atoms with Crippen LogP contribution in [0.1, 0.15) is 44.7 Å². The van der Waals surface area contributed by atoms with Crippen molar-refractivity contribution >= 4 is 21.6 Å². The number of fused-ring (bicyclic) bond motifs is 1. The van der Waals surface area contributed by atoms with Gasteiger partial charge >= 0.3 is 0 Å². The molecule has 0 fully saturated rings. The van der Waals surface area contributed by atoms with Crippen molar-refractivity contribution in [3.05, 3.63) is 83.9 Å². The molecule has 0 saturated heterocycles. The van der Waals surface area contributed by atoms with Gasteiger partial charge in [-0.05, 0) is 58.9 Å². The number of amides is 1. The van der Waals surface area contributed by atoms with Crippen LogP contribution < -0.4 is 19.1 Å². The van der Waals surface area contributed by atoms with Crippen molar-refractivity contribution in [2.75, 3.05) is 24.5 Å². The Morgan fingerprint density at radius 1 is 1.08 bits per heavy atom. The van der Waals surface area contributed by atoms with Crippen LogP contribution in [0.3, 0.4) is 0 Å². The predicted octanol–water partition coefficient (Wildman–Crippen LogP) is 4.87. The molecule has 1 aliphatic rings. The summed E-state index contributed by atoms with van der Waals surface area (Å²) < 4.78 is 40.2. The van der Waals surface area contributed by atoms with E-state index in [1.54, 1.807) is 18.2 Å². The molecule has 0 unspecified atom stereocenters. The first-order valence-corrected chi connectivity index (χ1v) is 13.8. The summed E-state index contributed by atoms with van der Waals surface area (Å²) in [6.45, 7) is 8.48. The molecule has 2 atom stereocenters. The van der Waals surface area contributed by atoms with Crippen LogP contribution in [0.2, 0.25) is 0 Å². The van der Waals surface area contributed by atoms with E-state index >= 15 is 0 Å². The number of sulfonamides is 1. The van der Waals surface area contributed by atoms with Gasteiger partial charge in [0.25, 0.3) is 15.9 Å². The van der Waals surface area contributed by atoms with Crippen LogP contribution in [-0.4, -0.2) is 40.6 Å². The minimum absolute atomic E-state index is 0.0921. The summed E-state index contributed by atoms with van der Waals surface area (Å²) in [7, 11) is -2.46. The Hall–Kier alpha value is -3.52. The average molecular weight is 523 g/mol. The standard InChI is InChI=1S/C29H34N2O5S/c1-20(21-9-7-6-8-10-21)18-30-28(32)27-19-31(37(33,34)24-14-12-23(35-5)13-15-24)25-17-22(29(2,3)4)11-16-26(25)36-27/h6-17,20,27H,18-19H2,1-5H3,(H,30,32)/t20-,27+/m0/s1. The number of nitrogens with zero attached hydrogens (tertiary/aromatic N) is 1. The molecule has 0 radical (unpaired) electrons. The first-order valence-electron chi connectivity index (χ1n) is 12.3. The highest BCUT2D eigenvalue weighted by Crippen LogP contribution is 2.40. The highest BCUT2D eigenvalue weighted by molar-refractivity contribution is 7.92. The maximum Gasteiger partial charge on any atom is 0.264 e. The third kappa shape index (κ3) is 5.74. The second kappa shape index (κ2) is 10.5. The van der Waals surface area contributed by atoms with Crippen LogP contribution in [0.15, 0.2) is 77.7 Å². The maximum absolute atomic E-state index is 13.8. The van der Waals surface area contributed by atoms with Gasteiger partial charge in [0.1, 0.15) is 11.5 Å². The van der Waals surface area contributed by atoms with Gasteiger partial charge in [0.2, 0.25) is 0 Å². The number of carbonyl (C=O) groups excluding carboxylic acids is 1. The number of hydrogen-bond donors (Lipinski definition) is 1. The summed E-state index contributed by atoms with van der Waals surface area (Å²) in [5.41, 5.74) is 2.29. The Morgan fingerprint density at radius 3 is 2.38 bits per heavy atom. The van der Waals surface area contributed by atoms with Gasteiger partial charge in [0.05, 0.1) is 24.2 Å². The summed E-state index contributed by atoms with van der Waals surface area (Å²) in [4.78, 5) is 13.3. The number of carbonyl (C=O) groups is 1. The van der Waals surface area contributed by atoms with Crippen molar-refractivity contribution in [1.29, 1.82) is 0 Å². The molecule has 7 nitrogen and oxygen atoms in total. The third-order valence-electron chi connectivity index (χ3n) is 6.59. The highest BCUT2D eigenvalue weighted by atomic mass is 32.2. The number of methoxy groups -OCH3 is 1. The molecule has 1 amide bonds. The van der Waals surface area contributed by atoms with Crippen LogP contribution in [0.25, 0.3) is 0 Å². The third-order valence-corrected chi connectivity index (χ3v) is 8.38. The average Bonchev–Trinajstić information content (AvgIpc) is 2.90. The molecule has 3 aromatic carbocycles. The van der Waals surface area contributed by atoms with Gasteiger partial charge in [-0.2, -0.15) is 0 Å². The zero-order valence-electron chi connectivity index (χ0n) is 21.9. The molecular formula is C29H34N2O5S. The van der Waals surface area contributed by atoms with Gasteiger partial charge in [-0.3, -0.25) is 9.10 Å². The van der Waals surface area contributed by atoms with Crippen LogP contribution in [0.5, 0.6) is 11.5 Å². The van der Waals surface area contributed by atoms with Gasteiger partial charge < -0.3 is 14.8 Å². The second-order valence-corrected chi connectivity index (χ2v) is 12.2. The highest BCUT2D eigenvalue weighted by Gasteiger charge is 2.38. The predicted molar refractivity (Wildman–Crippen MR) is 145 cm³/mol. The van der Waals surface area contributed by atoms with E-state index in [-0.39, 0.29) is 28.7 Å². The maximum atomic E-state index is 13.8. The van der Waals surface area contributed by atoms with Crippen LogP contribution in [0.4, 0.5) is 5.69 Å². The van der Waals surface area contributed by atoms with E-state index in [0.717, 1.165) is 11.1 Å². The van der Waals surface area contributed by atoms with E-state index in [9.17, 15) is 13.2 Å². The Balaban J connectivity index is 1.64. The normalized spacial score (nSPS) is 16.4. The van der Waals surface area contributed by atoms with Crippen LogP contribution >= 0.6 is 0 Å². The van der Waals surface area contributed by atoms with Crippen molar-refractivity contribution in [3.63, 3.8) is 0 Å². The largest absolute Gasteiger partial charge is 0.497 e. The molecule has 196 valence electrons. The first kappa shape index (κ1) is 26.5. The van der Waals surface area contributed by atoms with Gasteiger partial charge in [0, 0.05) is 6.54 Å². The van der Waals surface area contributed by atoms with Crippen molar-refractivity contribution in [3.8, 4) is 11.5 Å². The summed E-state index contributed by atoms with van der Waals surface area (Å²) in [5.74, 6) is 0.645. The smallest absolute Gasteiger partial charge is 0.264 e. The SMILES string of the molecule is COc1ccc(S(=O)(=O)N2C[C@H](C(=O)NC[C@H](C)c3ccccc3)Oc3ccc(C(C)(C)C)cc32)cc1. The van der Waals surface area contributed by atoms with E-state index < -0.39 is 16.1 Å². The zero-order chi connectivity index (χ0) is 26.8. The van der Waals surface area contributed by atoms with E-state index in [0.29, 0.717) is 23.7 Å². The molecule has 8 heteroatoms. The lowest BCUT2D eigenvalue weighted by Gasteiger charge is -2.36. The fraction of sp³-hybridized carbons (Fsp3) is 0.345. The molecular weight excluding hydrogens is 488 g/mol. The number of anilines is 1. The lowest BCUT2D eigenvalue weighted by Crippen LogP contribution is -2.51. The molecule has 0 aromatic heterocycles. The van der Waals surface area contributed by atoms with Gasteiger partial charge in [-0.1, -0.05) is 64.1 Å². The minimum atomic E-state index is -3.99. The number of hydrogen-bond acceptors (Lipinski definition) is 5. The molecule has 1 aliphatic heterocycles. The van der Waals surface area contributed by atoms with E-state index in [2.05, 4.69) is 26.1 Å². The zero-order valence-corrected chi connectivity index (χ0v) is 22.7. The molecule has 0 bridgehead atoms. The lowest BCUT2D eigenvalue weighted by molar-refractivity contribution is -0.127. The summed E-state index contributed by atoms with van der Waals surface area (Å²) in [6.07, 6.45) is -0.996. The van der Waals surface area contributed by atoms with Crippen LogP contribution in [-0.2, 0) is 20.2 Å². The van der Waals surface area contributed by atoms with Crippen molar-refractivity contribution in [2.24, 2.45) is 0 Å². The number of rotatable bonds is 7. The Morgan fingerprint density at radius 2 is 1.76 bits per heavy atom. The first-order chi connectivity index (χ1) is 17.5. The van der Waals surface area contributed by atoms with Crippen molar-refractivity contribution in [2.45, 2.75) is 50.0 Å². The van der Waals surface area contributed by atoms with E-state index in [1.807, 2.05) is 49.4 Å². The monoisotopic (exact) mass is 522 g/mol. The Bertz CT molecular complexity index is 1350. The molecule has 1 heterocycles. The van der Waals surface area contributed by atoms with Gasteiger partial charge in [0.15, 0.2) is 6.10 Å². The molecule has 37 heavy (non-hydrogen) atoms. The second-order valence-electron chi connectivity index (χ2n) is 10.3. The fourth-order valence-corrected chi connectivity index (χ4v) is 5.69. The summed E-state index contributed by atoms with van der Waals surface area (Å²) >= 11 is 0. The molecule has 0 spiro atoms. The number of benzene rings is 3. The van der Waals surface area contributed by atoms with Gasteiger partial charge in [-0.25, -0.2) is 8.42 Å². The molecule has 1 N–H and O–H groups in total. The lowest BCUT2D eigenvalue weighted by atomic mass is 9.86. The summed E-state index contributed by atoms with van der Waals surface area (Å²) in [6, 6.07) is 21.6. The number of ether oxygens (including phenoxy) is 2. The molecule has 0 aliphatic carbocycles. The minimum Gasteiger partial charge on any atom is -0.497 e. The van der Waals surface area contributed by atoms with Crippen molar-refractivity contribution < 1.29 is 22.7 Å². The number of nitrogens with one attached hydrogen (secondary N) is 1. The topological polar surface area (TPSA) is 84.9 Å². The Labute approximate surface area is 219 Å². The summed E-state index contributed by atoms with van der Waals surface area (Å²) in [5, 5.41) is 2.94. The quantitative estimate of drug-likeness (QED) is 0.479. The molecule has 4 rings (SSSR count). The van der Waals surface area contributed by atoms with Crippen molar-refractivity contribution in [1.82, 2.24) is 5.32 Å². The molecule has 3 aromatic rings. The Kier molecular flexibility index (Phi) is 7.50. The van der Waals surface area contributed by atoms with Crippen LogP contribution in [0, 0.1) is 0 Å². The van der Waals surface area contributed by atoms with Gasteiger partial charge in [-0.15, -0.1) is 0 Å².